The van der Waals surface area contributed by atoms with E-state index >= 15 is 0 Å². The fourth-order valence-electron chi connectivity index (χ4n) is 3.98. The van der Waals surface area contributed by atoms with E-state index in [1.165, 1.54) is 0 Å². The topological polar surface area (TPSA) is 92.5 Å². The lowest BCUT2D eigenvalue weighted by molar-refractivity contribution is -0.122. The largest absolute Gasteiger partial charge is 0.356 e. The van der Waals surface area contributed by atoms with Crippen molar-refractivity contribution in [3.8, 4) is 0 Å². The molecule has 0 spiro atoms. The van der Waals surface area contributed by atoms with Crippen molar-refractivity contribution in [1.82, 2.24) is 9.62 Å². The number of carbonyl (C=O) groups is 1. The predicted octanol–water partition coefficient (Wildman–Crippen LogP) is 1.72. The molecule has 1 saturated heterocycles. The number of carbonyl (C=O) groups excluding carboxylic acids is 1. The highest BCUT2D eigenvalue weighted by atomic mass is 32.2. The van der Waals surface area contributed by atoms with E-state index < -0.39 is 10.0 Å². The summed E-state index contributed by atoms with van der Waals surface area (Å²) < 4.78 is 26.8. The van der Waals surface area contributed by atoms with Crippen LogP contribution in [0.4, 0.5) is 0 Å². The van der Waals surface area contributed by atoms with E-state index in [0.717, 1.165) is 32.1 Å². The van der Waals surface area contributed by atoms with Crippen molar-refractivity contribution in [2.45, 2.75) is 49.5 Å². The maximum atomic E-state index is 12.6. The zero-order valence-electron chi connectivity index (χ0n) is 15.1. The number of nitrogens with zero attached hydrogens (tertiary/aromatic N) is 1. The Morgan fingerprint density at radius 1 is 1.12 bits per heavy atom. The minimum atomic E-state index is -3.41. The van der Waals surface area contributed by atoms with Gasteiger partial charge in [0.15, 0.2) is 0 Å². The van der Waals surface area contributed by atoms with Gasteiger partial charge < -0.3 is 11.1 Å². The Morgan fingerprint density at radius 3 is 2.42 bits per heavy atom. The molecule has 144 valence electrons. The summed E-state index contributed by atoms with van der Waals surface area (Å²) >= 11 is 0. The number of piperidine rings is 1. The molecule has 2 atom stereocenters. The van der Waals surface area contributed by atoms with Crippen LogP contribution in [0.2, 0.25) is 0 Å². The smallest absolute Gasteiger partial charge is 0.243 e. The molecule has 2 aliphatic rings. The zero-order chi connectivity index (χ0) is 18.6. The Bertz CT molecular complexity index is 700. The Kier molecular flexibility index (Phi) is 6.32. The lowest BCUT2D eigenvalue weighted by Crippen LogP contribution is -2.42. The van der Waals surface area contributed by atoms with Crippen LogP contribution in [0.3, 0.4) is 0 Å². The zero-order valence-corrected chi connectivity index (χ0v) is 16.0. The number of hydrogen-bond acceptors (Lipinski definition) is 4. The highest BCUT2D eigenvalue weighted by molar-refractivity contribution is 7.89. The Labute approximate surface area is 156 Å². The van der Waals surface area contributed by atoms with Gasteiger partial charge in [-0.2, -0.15) is 4.31 Å². The quantitative estimate of drug-likeness (QED) is 0.787. The van der Waals surface area contributed by atoms with Crippen LogP contribution in [0.15, 0.2) is 35.2 Å². The standard InChI is InChI=1S/C19H29N3O3S/c20-18-8-4-5-16(18)13-19(23)21-14-15-9-11-22(12-10-15)26(24,25)17-6-2-1-3-7-17/h1-3,6-7,15-16,18H,4-5,8-14,20H2,(H,21,23)/t16-,18+/m0/s1. The van der Waals surface area contributed by atoms with E-state index in [1.807, 2.05) is 6.07 Å². The van der Waals surface area contributed by atoms with Gasteiger partial charge in [0.1, 0.15) is 0 Å². The second-order valence-corrected chi connectivity index (χ2v) is 9.46. The molecule has 1 amide bonds. The second-order valence-electron chi connectivity index (χ2n) is 7.52. The first-order valence-electron chi connectivity index (χ1n) is 9.54. The second kappa shape index (κ2) is 8.50. The van der Waals surface area contributed by atoms with Gasteiger partial charge in [-0.3, -0.25) is 4.79 Å². The van der Waals surface area contributed by atoms with Gasteiger partial charge in [-0.05, 0) is 49.7 Å². The molecule has 0 bridgehead atoms. The van der Waals surface area contributed by atoms with Crippen molar-refractivity contribution in [1.29, 1.82) is 0 Å². The Hall–Kier alpha value is -1.44. The van der Waals surface area contributed by atoms with Crippen molar-refractivity contribution in [2.24, 2.45) is 17.6 Å². The van der Waals surface area contributed by atoms with Gasteiger partial charge >= 0.3 is 0 Å². The molecule has 1 aliphatic carbocycles. The number of hydrogen-bond donors (Lipinski definition) is 2. The number of benzene rings is 1. The first-order chi connectivity index (χ1) is 12.5. The number of rotatable bonds is 6. The molecule has 6 nitrogen and oxygen atoms in total. The van der Waals surface area contributed by atoms with Crippen molar-refractivity contribution >= 4 is 15.9 Å². The molecular formula is C19H29N3O3S. The van der Waals surface area contributed by atoms with Gasteiger partial charge in [0.05, 0.1) is 4.90 Å². The minimum Gasteiger partial charge on any atom is -0.356 e. The molecule has 3 N–H and O–H groups in total. The maximum absolute atomic E-state index is 12.6. The monoisotopic (exact) mass is 379 g/mol. The van der Waals surface area contributed by atoms with E-state index in [9.17, 15) is 13.2 Å². The molecule has 0 unspecified atom stereocenters. The van der Waals surface area contributed by atoms with Crippen molar-refractivity contribution in [2.75, 3.05) is 19.6 Å². The van der Waals surface area contributed by atoms with Crippen LogP contribution in [0.1, 0.15) is 38.5 Å². The average molecular weight is 380 g/mol. The van der Waals surface area contributed by atoms with Crippen LogP contribution in [-0.4, -0.2) is 44.3 Å². The lowest BCUT2D eigenvalue weighted by atomic mass is 9.97. The van der Waals surface area contributed by atoms with Gasteiger partial charge in [-0.25, -0.2) is 8.42 Å². The minimum absolute atomic E-state index is 0.0756. The van der Waals surface area contributed by atoms with E-state index in [-0.39, 0.29) is 11.9 Å². The van der Waals surface area contributed by atoms with E-state index in [4.69, 9.17) is 5.73 Å². The van der Waals surface area contributed by atoms with Crippen molar-refractivity contribution in [3.05, 3.63) is 30.3 Å². The van der Waals surface area contributed by atoms with Crippen LogP contribution in [-0.2, 0) is 14.8 Å². The third kappa shape index (κ3) is 4.64. The first-order valence-corrected chi connectivity index (χ1v) is 11.0. The lowest BCUT2D eigenvalue weighted by Gasteiger charge is -2.31. The van der Waals surface area contributed by atoms with Crippen LogP contribution in [0, 0.1) is 11.8 Å². The molecule has 26 heavy (non-hydrogen) atoms. The number of sulfonamides is 1. The highest BCUT2D eigenvalue weighted by Crippen LogP contribution is 2.27. The van der Waals surface area contributed by atoms with E-state index in [0.29, 0.717) is 42.8 Å². The SMILES string of the molecule is N[C@@H]1CCC[C@H]1CC(=O)NCC1CCN(S(=O)(=O)c2ccccc2)CC1. The number of amides is 1. The number of nitrogens with one attached hydrogen (secondary N) is 1. The molecule has 1 aliphatic heterocycles. The third-order valence-corrected chi connectivity index (χ3v) is 7.62. The fourth-order valence-corrected chi connectivity index (χ4v) is 5.47. The van der Waals surface area contributed by atoms with Crippen LogP contribution in [0.5, 0.6) is 0 Å². The van der Waals surface area contributed by atoms with E-state index in [2.05, 4.69) is 5.32 Å². The molecule has 1 saturated carbocycles. The molecule has 0 radical (unpaired) electrons. The molecule has 0 aromatic heterocycles. The third-order valence-electron chi connectivity index (χ3n) is 5.71. The summed E-state index contributed by atoms with van der Waals surface area (Å²) in [6.07, 6.45) is 5.25. The molecule has 3 rings (SSSR count). The van der Waals surface area contributed by atoms with Crippen molar-refractivity contribution < 1.29 is 13.2 Å². The van der Waals surface area contributed by atoms with Crippen LogP contribution in [0.25, 0.3) is 0 Å². The summed E-state index contributed by atoms with van der Waals surface area (Å²) in [7, 11) is -3.41. The molecule has 7 heteroatoms. The molecule has 1 aromatic carbocycles. The predicted molar refractivity (Wildman–Crippen MR) is 101 cm³/mol. The molecule has 2 fully saturated rings. The number of nitrogens with two attached hydrogens (primary N) is 1. The van der Waals surface area contributed by atoms with Crippen LogP contribution < -0.4 is 11.1 Å². The van der Waals surface area contributed by atoms with Crippen molar-refractivity contribution in [3.63, 3.8) is 0 Å². The van der Waals surface area contributed by atoms with Gasteiger partial charge in [0.2, 0.25) is 15.9 Å². The summed E-state index contributed by atoms with van der Waals surface area (Å²) in [4.78, 5) is 12.5. The maximum Gasteiger partial charge on any atom is 0.243 e. The Morgan fingerprint density at radius 2 is 1.81 bits per heavy atom. The van der Waals surface area contributed by atoms with Gasteiger partial charge in [0, 0.05) is 32.1 Å². The molecule has 1 heterocycles. The van der Waals surface area contributed by atoms with E-state index in [1.54, 1.807) is 28.6 Å². The first kappa shape index (κ1) is 19.3. The summed E-state index contributed by atoms with van der Waals surface area (Å²) in [5, 5.41) is 3.02. The Balaban J connectivity index is 1.43. The summed E-state index contributed by atoms with van der Waals surface area (Å²) in [5.74, 6) is 0.720. The fraction of sp³-hybridized carbons (Fsp3) is 0.632. The summed E-state index contributed by atoms with van der Waals surface area (Å²) in [5.41, 5.74) is 6.03. The van der Waals surface area contributed by atoms with Gasteiger partial charge in [-0.15, -0.1) is 0 Å². The van der Waals surface area contributed by atoms with Gasteiger partial charge in [0.25, 0.3) is 0 Å². The average Bonchev–Trinajstić information content (AvgIpc) is 3.06. The summed E-state index contributed by atoms with van der Waals surface area (Å²) in [6, 6.07) is 8.72. The van der Waals surface area contributed by atoms with Gasteiger partial charge in [-0.1, -0.05) is 24.6 Å². The normalized spacial score (nSPS) is 25.3. The van der Waals surface area contributed by atoms with Crippen LogP contribution >= 0.6 is 0 Å². The molecular weight excluding hydrogens is 350 g/mol. The molecule has 1 aromatic rings. The highest BCUT2D eigenvalue weighted by Gasteiger charge is 2.30. The summed E-state index contributed by atoms with van der Waals surface area (Å²) in [6.45, 7) is 1.64.